The molecule has 2 atom stereocenters. The van der Waals surface area contributed by atoms with Gasteiger partial charge in [-0.05, 0) is 53.6 Å². The third kappa shape index (κ3) is 6.86. The lowest BCUT2D eigenvalue weighted by Crippen LogP contribution is -2.46. The van der Waals surface area contributed by atoms with Crippen molar-refractivity contribution in [3.8, 4) is 0 Å². The SMILES string of the molecule is CCOC(=O)c1sc(C(C)NC(=NC)NCC(C2CC2)N(C)C)nc1C.I. The van der Waals surface area contributed by atoms with Crippen LogP contribution in [0.2, 0.25) is 0 Å². The predicted octanol–water partition coefficient (Wildman–Crippen LogP) is 2.81. The molecule has 0 aliphatic heterocycles. The van der Waals surface area contributed by atoms with Crippen molar-refractivity contribution in [1.82, 2.24) is 20.5 Å². The molecule has 0 radical (unpaired) electrons. The summed E-state index contributed by atoms with van der Waals surface area (Å²) in [5, 5.41) is 7.63. The number of aryl methyl sites for hydroxylation is 1. The first-order valence-electron chi connectivity index (χ1n) is 9.15. The number of halogens is 1. The van der Waals surface area contributed by atoms with E-state index in [0.29, 0.717) is 23.2 Å². The second-order valence-electron chi connectivity index (χ2n) is 6.87. The number of rotatable bonds is 8. The summed E-state index contributed by atoms with van der Waals surface area (Å²) in [6.45, 7) is 6.88. The molecule has 0 amide bonds. The largest absolute Gasteiger partial charge is 0.462 e. The Kier molecular flexibility index (Phi) is 9.96. The number of nitrogens with one attached hydrogen (secondary N) is 2. The second-order valence-corrected chi connectivity index (χ2v) is 7.91. The molecule has 154 valence electrons. The molecule has 2 unspecified atom stereocenters. The summed E-state index contributed by atoms with van der Waals surface area (Å²) < 4.78 is 5.09. The van der Waals surface area contributed by atoms with Crippen molar-refractivity contribution in [2.45, 2.75) is 45.7 Å². The zero-order valence-corrected chi connectivity index (χ0v) is 20.2. The van der Waals surface area contributed by atoms with Crippen LogP contribution >= 0.6 is 35.3 Å². The Labute approximate surface area is 183 Å². The van der Waals surface area contributed by atoms with E-state index in [0.717, 1.165) is 23.4 Å². The lowest BCUT2D eigenvalue weighted by Gasteiger charge is -2.26. The number of guanidine groups is 1. The molecule has 0 spiro atoms. The van der Waals surface area contributed by atoms with E-state index in [1.54, 1.807) is 14.0 Å². The van der Waals surface area contributed by atoms with E-state index >= 15 is 0 Å². The van der Waals surface area contributed by atoms with E-state index in [9.17, 15) is 4.79 Å². The van der Waals surface area contributed by atoms with Gasteiger partial charge in [0.25, 0.3) is 0 Å². The molecule has 1 fully saturated rings. The van der Waals surface area contributed by atoms with Gasteiger partial charge < -0.3 is 20.3 Å². The molecular formula is C18H32IN5O2S. The fourth-order valence-electron chi connectivity index (χ4n) is 2.90. The van der Waals surface area contributed by atoms with Crippen LogP contribution in [0, 0.1) is 12.8 Å². The summed E-state index contributed by atoms with van der Waals surface area (Å²) in [7, 11) is 6.01. The number of ether oxygens (including phenoxy) is 1. The van der Waals surface area contributed by atoms with Crippen molar-refractivity contribution in [2.24, 2.45) is 10.9 Å². The van der Waals surface area contributed by atoms with E-state index in [1.807, 2.05) is 13.8 Å². The standard InChI is InChI=1S/C18H31N5O2S.HI/c1-7-25-17(24)15-11(2)21-16(26-15)12(3)22-18(19-4)20-10-14(23(5)6)13-8-9-13;/h12-14H,7-10H2,1-6H3,(H2,19,20,22);1H. The van der Waals surface area contributed by atoms with Crippen molar-refractivity contribution < 1.29 is 9.53 Å². The molecule has 9 heteroatoms. The topological polar surface area (TPSA) is 78.8 Å². The molecule has 27 heavy (non-hydrogen) atoms. The molecule has 7 nitrogen and oxygen atoms in total. The number of likely N-dealkylation sites (N-methyl/N-ethyl adjacent to an activating group) is 1. The summed E-state index contributed by atoms with van der Waals surface area (Å²) in [6, 6.07) is 0.466. The first-order chi connectivity index (χ1) is 12.4. The molecule has 1 saturated carbocycles. The minimum absolute atomic E-state index is 0. The molecule has 1 heterocycles. The van der Waals surface area contributed by atoms with Crippen LogP contribution in [0.25, 0.3) is 0 Å². The Morgan fingerprint density at radius 3 is 2.63 bits per heavy atom. The average Bonchev–Trinajstić information content (AvgIpc) is 3.34. The number of hydrogen-bond acceptors (Lipinski definition) is 6. The van der Waals surface area contributed by atoms with Gasteiger partial charge in [-0.25, -0.2) is 9.78 Å². The maximum atomic E-state index is 12.0. The van der Waals surface area contributed by atoms with Crippen LogP contribution in [0.4, 0.5) is 0 Å². The zero-order chi connectivity index (χ0) is 19.3. The molecule has 0 saturated heterocycles. The van der Waals surface area contributed by atoms with Crippen molar-refractivity contribution in [3.05, 3.63) is 15.6 Å². The van der Waals surface area contributed by atoms with Gasteiger partial charge in [0.1, 0.15) is 9.88 Å². The highest BCUT2D eigenvalue weighted by Crippen LogP contribution is 2.34. The van der Waals surface area contributed by atoms with E-state index in [-0.39, 0.29) is 36.0 Å². The molecule has 1 aromatic rings. The Morgan fingerprint density at radius 2 is 2.11 bits per heavy atom. The first-order valence-corrected chi connectivity index (χ1v) is 9.97. The van der Waals surface area contributed by atoms with Crippen LogP contribution in [0.3, 0.4) is 0 Å². The van der Waals surface area contributed by atoms with Crippen LogP contribution < -0.4 is 10.6 Å². The summed E-state index contributed by atoms with van der Waals surface area (Å²) in [4.78, 5) is 23.7. The fourth-order valence-corrected chi connectivity index (χ4v) is 3.87. The van der Waals surface area contributed by atoms with E-state index in [2.05, 4.69) is 39.6 Å². The predicted molar refractivity (Wildman–Crippen MR) is 121 cm³/mol. The van der Waals surface area contributed by atoms with E-state index in [1.165, 1.54) is 24.2 Å². The molecule has 1 aliphatic carbocycles. The zero-order valence-electron chi connectivity index (χ0n) is 17.0. The molecule has 0 aromatic carbocycles. The average molecular weight is 509 g/mol. The van der Waals surface area contributed by atoms with E-state index < -0.39 is 0 Å². The summed E-state index contributed by atoms with van der Waals surface area (Å²) in [5.74, 6) is 1.22. The third-order valence-corrected chi connectivity index (χ3v) is 5.85. The lowest BCUT2D eigenvalue weighted by molar-refractivity contribution is 0.0531. The molecule has 0 bridgehead atoms. The second kappa shape index (κ2) is 11.2. The number of carbonyl (C=O) groups is 1. The normalized spacial score (nSPS) is 16.5. The van der Waals surface area contributed by atoms with Gasteiger partial charge >= 0.3 is 5.97 Å². The van der Waals surface area contributed by atoms with Crippen LogP contribution in [0.1, 0.15) is 53.1 Å². The number of nitrogens with zero attached hydrogens (tertiary/aromatic N) is 3. The number of aliphatic imine (C=N–C) groups is 1. The lowest BCUT2D eigenvalue weighted by atomic mass is 10.1. The van der Waals surface area contributed by atoms with Crippen molar-refractivity contribution >= 4 is 47.2 Å². The number of thiazole rings is 1. The van der Waals surface area contributed by atoms with Gasteiger partial charge in [0, 0.05) is 19.6 Å². The highest BCUT2D eigenvalue weighted by Gasteiger charge is 2.32. The Hall–Kier alpha value is -0.940. The van der Waals surface area contributed by atoms with Gasteiger partial charge in [-0.2, -0.15) is 0 Å². The molecule has 1 aliphatic rings. The van der Waals surface area contributed by atoms with Gasteiger partial charge in [0.05, 0.1) is 18.3 Å². The monoisotopic (exact) mass is 509 g/mol. The van der Waals surface area contributed by atoms with Gasteiger partial charge in [-0.3, -0.25) is 4.99 Å². The van der Waals surface area contributed by atoms with Crippen molar-refractivity contribution in [3.63, 3.8) is 0 Å². The first kappa shape index (κ1) is 24.1. The van der Waals surface area contributed by atoms with Crippen LogP contribution in [0.5, 0.6) is 0 Å². The Balaban J connectivity index is 0.00000364. The maximum absolute atomic E-state index is 12.0. The van der Waals surface area contributed by atoms with Gasteiger partial charge in [-0.1, -0.05) is 0 Å². The third-order valence-electron chi connectivity index (χ3n) is 4.53. The molecule has 2 N–H and O–H groups in total. The minimum atomic E-state index is -0.304. The van der Waals surface area contributed by atoms with Gasteiger partial charge in [0.15, 0.2) is 5.96 Å². The molecular weight excluding hydrogens is 477 g/mol. The smallest absolute Gasteiger partial charge is 0.350 e. The number of carbonyl (C=O) groups excluding carboxylic acids is 1. The molecule has 2 rings (SSSR count). The Morgan fingerprint density at radius 1 is 1.44 bits per heavy atom. The van der Waals surface area contributed by atoms with Crippen LogP contribution in [0.15, 0.2) is 4.99 Å². The van der Waals surface area contributed by atoms with Crippen molar-refractivity contribution in [1.29, 1.82) is 0 Å². The minimum Gasteiger partial charge on any atom is -0.462 e. The van der Waals surface area contributed by atoms with E-state index in [4.69, 9.17) is 4.74 Å². The highest BCUT2D eigenvalue weighted by atomic mass is 127. The van der Waals surface area contributed by atoms with Gasteiger partial charge in [0.2, 0.25) is 0 Å². The molecule has 1 aromatic heterocycles. The summed E-state index contributed by atoms with van der Waals surface area (Å²) in [5.41, 5.74) is 0.710. The van der Waals surface area contributed by atoms with Crippen LogP contribution in [-0.2, 0) is 4.74 Å². The number of esters is 1. The fraction of sp³-hybridized carbons (Fsp3) is 0.722. The number of aromatic nitrogens is 1. The maximum Gasteiger partial charge on any atom is 0.350 e. The van der Waals surface area contributed by atoms with Crippen LogP contribution in [-0.4, -0.2) is 62.1 Å². The number of hydrogen-bond donors (Lipinski definition) is 2. The van der Waals surface area contributed by atoms with Gasteiger partial charge in [-0.15, -0.1) is 35.3 Å². The highest BCUT2D eigenvalue weighted by molar-refractivity contribution is 14.0. The Bertz CT molecular complexity index is 644. The summed E-state index contributed by atoms with van der Waals surface area (Å²) >= 11 is 1.37. The quantitative estimate of drug-likeness (QED) is 0.243. The van der Waals surface area contributed by atoms with Crippen molar-refractivity contribution in [2.75, 3.05) is 34.3 Å². The summed E-state index contributed by atoms with van der Waals surface area (Å²) in [6.07, 6.45) is 2.62.